The maximum atomic E-state index is 5.76. The summed E-state index contributed by atoms with van der Waals surface area (Å²) in [5.74, 6) is 1.53. The van der Waals surface area contributed by atoms with Gasteiger partial charge in [0.15, 0.2) is 0 Å². The van der Waals surface area contributed by atoms with Crippen LogP contribution < -0.4 is 10.1 Å². The first kappa shape index (κ1) is 14.4. The zero-order valence-electron chi connectivity index (χ0n) is 12.2. The van der Waals surface area contributed by atoms with Crippen LogP contribution in [0.25, 0.3) is 0 Å². The molecule has 2 atom stereocenters. The highest BCUT2D eigenvalue weighted by molar-refractivity contribution is 5.37. The van der Waals surface area contributed by atoms with Crippen LogP contribution in [0.4, 0.5) is 0 Å². The molecule has 0 spiro atoms. The molecule has 3 heteroatoms. The second kappa shape index (κ2) is 6.92. The van der Waals surface area contributed by atoms with Crippen molar-refractivity contribution in [2.24, 2.45) is 5.92 Å². The topological polar surface area (TPSA) is 30.5 Å². The molecule has 3 nitrogen and oxygen atoms in total. The summed E-state index contributed by atoms with van der Waals surface area (Å²) in [6.07, 6.45) is 1.37. The molecule has 2 unspecified atom stereocenters. The summed E-state index contributed by atoms with van der Waals surface area (Å²) in [7, 11) is 0. The Morgan fingerprint density at radius 3 is 2.95 bits per heavy atom. The van der Waals surface area contributed by atoms with Gasteiger partial charge in [-0.1, -0.05) is 25.1 Å². The summed E-state index contributed by atoms with van der Waals surface area (Å²) in [6.45, 7) is 8.98. The lowest BCUT2D eigenvalue weighted by molar-refractivity contribution is 0.0758. The van der Waals surface area contributed by atoms with Crippen molar-refractivity contribution in [1.29, 1.82) is 0 Å². The van der Waals surface area contributed by atoms with Crippen LogP contribution >= 0.6 is 0 Å². The van der Waals surface area contributed by atoms with Crippen molar-refractivity contribution < 1.29 is 9.47 Å². The molecule has 19 heavy (non-hydrogen) atoms. The molecule has 0 aliphatic carbocycles. The SMILES string of the molecule is CC(C)OCCCNC1c2ccccc2OCC1C. The van der Waals surface area contributed by atoms with Crippen molar-refractivity contribution >= 4 is 0 Å². The lowest BCUT2D eigenvalue weighted by Crippen LogP contribution is -2.34. The van der Waals surface area contributed by atoms with E-state index in [2.05, 4.69) is 44.3 Å². The van der Waals surface area contributed by atoms with E-state index in [4.69, 9.17) is 9.47 Å². The molecule has 0 saturated heterocycles. The van der Waals surface area contributed by atoms with Gasteiger partial charge >= 0.3 is 0 Å². The van der Waals surface area contributed by atoms with Gasteiger partial charge in [0.05, 0.1) is 12.7 Å². The fourth-order valence-corrected chi connectivity index (χ4v) is 2.45. The summed E-state index contributed by atoms with van der Waals surface area (Å²) in [4.78, 5) is 0. The van der Waals surface area contributed by atoms with Crippen molar-refractivity contribution in [2.75, 3.05) is 19.8 Å². The molecular weight excluding hydrogens is 238 g/mol. The van der Waals surface area contributed by atoms with E-state index in [1.54, 1.807) is 0 Å². The predicted molar refractivity (Wildman–Crippen MR) is 77.5 cm³/mol. The van der Waals surface area contributed by atoms with Crippen LogP contribution in [0.5, 0.6) is 5.75 Å². The predicted octanol–water partition coefficient (Wildman–Crippen LogP) is 3.16. The first-order valence-corrected chi connectivity index (χ1v) is 7.25. The molecule has 0 fully saturated rings. The largest absolute Gasteiger partial charge is 0.493 e. The van der Waals surface area contributed by atoms with Gasteiger partial charge in [-0.3, -0.25) is 0 Å². The van der Waals surface area contributed by atoms with Gasteiger partial charge in [0.25, 0.3) is 0 Å². The third-order valence-corrected chi connectivity index (χ3v) is 3.46. The molecule has 0 saturated carbocycles. The van der Waals surface area contributed by atoms with Gasteiger partial charge in [-0.15, -0.1) is 0 Å². The summed E-state index contributed by atoms with van der Waals surface area (Å²) < 4.78 is 11.3. The monoisotopic (exact) mass is 263 g/mol. The quantitative estimate of drug-likeness (QED) is 0.800. The number of fused-ring (bicyclic) bond motifs is 1. The van der Waals surface area contributed by atoms with Crippen molar-refractivity contribution in [2.45, 2.75) is 39.3 Å². The summed E-state index contributed by atoms with van der Waals surface area (Å²) in [6, 6.07) is 8.72. The van der Waals surface area contributed by atoms with Gasteiger partial charge < -0.3 is 14.8 Å². The Bertz CT molecular complexity index is 392. The zero-order chi connectivity index (χ0) is 13.7. The van der Waals surface area contributed by atoms with Gasteiger partial charge in [-0.05, 0) is 32.9 Å². The number of nitrogens with one attached hydrogen (secondary N) is 1. The average Bonchev–Trinajstić information content (AvgIpc) is 2.40. The second-order valence-electron chi connectivity index (χ2n) is 5.53. The highest BCUT2D eigenvalue weighted by Gasteiger charge is 2.26. The minimum Gasteiger partial charge on any atom is -0.493 e. The Labute approximate surface area is 116 Å². The Morgan fingerprint density at radius 2 is 2.16 bits per heavy atom. The molecular formula is C16H25NO2. The van der Waals surface area contributed by atoms with E-state index in [1.807, 2.05) is 6.07 Å². The van der Waals surface area contributed by atoms with Crippen molar-refractivity contribution in [3.8, 4) is 5.75 Å². The smallest absolute Gasteiger partial charge is 0.124 e. The summed E-state index contributed by atoms with van der Waals surface area (Å²) in [5.41, 5.74) is 1.28. The van der Waals surface area contributed by atoms with Crippen LogP contribution in [0.1, 0.15) is 38.8 Å². The number of rotatable bonds is 6. The fraction of sp³-hybridized carbons (Fsp3) is 0.625. The maximum Gasteiger partial charge on any atom is 0.124 e. The first-order valence-electron chi connectivity index (χ1n) is 7.25. The van der Waals surface area contributed by atoms with Crippen LogP contribution in [0.3, 0.4) is 0 Å². The summed E-state index contributed by atoms with van der Waals surface area (Å²) in [5, 5.41) is 3.64. The van der Waals surface area contributed by atoms with E-state index >= 15 is 0 Å². The highest BCUT2D eigenvalue weighted by Crippen LogP contribution is 2.34. The third kappa shape index (κ3) is 3.95. The van der Waals surface area contributed by atoms with Crippen LogP contribution in [0.15, 0.2) is 24.3 Å². The molecule has 0 bridgehead atoms. The van der Waals surface area contributed by atoms with E-state index in [0.29, 0.717) is 18.1 Å². The lowest BCUT2D eigenvalue weighted by Gasteiger charge is -2.32. The number of para-hydroxylation sites is 1. The van der Waals surface area contributed by atoms with E-state index in [9.17, 15) is 0 Å². The lowest BCUT2D eigenvalue weighted by atomic mass is 9.92. The van der Waals surface area contributed by atoms with E-state index in [-0.39, 0.29) is 0 Å². The number of hydrogen-bond acceptors (Lipinski definition) is 3. The molecule has 1 aliphatic heterocycles. The van der Waals surface area contributed by atoms with Crippen LogP contribution in [-0.2, 0) is 4.74 Å². The molecule has 0 radical (unpaired) electrons. The highest BCUT2D eigenvalue weighted by atomic mass is 16.5. The number of benzene rings is 1. The fourth-order valence-electron chi connectivity index (χ4n) is 2.45. The molecule has 0 amide bonds. The molecule has 2 rings (SSSR count). The molecule has 0 aromatic heterocycles. The standard InChI is InChI=1S/C16H25NO2/c1-12(2)18-10-6-9-17-16-13(3)11-19-15-8-5-4-7-14(15)16/h4-5,7-8,12-13,16-17H,6,9-11H2,1-3H3. The average molecular weight is 263 g/mol. The normalized spacial score (nSPS) is 22.1. The van der Waals surface area contributed by atoms with Gasteiger partial charge in [-0.2, -0.15) is 0 Å². The third-order valence-electron chi connectivity index (χ3n) is 3.46. The van der Waals surface area contributed by atoms with Crippen LogP contribution in [0.2, 0.25) is 0 Å². The van der Waals surface area contributed by atoms with Gasteiger partial charge in [-0.25, -0.2) is 0 Å². The van der Waals surface area contributed by atoms with E-state index in [0.717, 1.165) is 31.9 Å². The second-order valence-corrected chi connectivity index (χ2v) is 5.53. The first-order chi connectivity index (χ1) is 9.18. The molecule has 106 valence electrons. The minimum atomic E-state index is 0.322. The Hall–Kier alpha value is -1.06. The molecule has 1 aliphatic rings. The molecule has 1 heterocycles. The minimum absolute atomic E-state index is 0.322. The van der Waals surface area contributed by atoms with Crippen molar-refractivity contribution in [3.05, 3.63) is 29.8 Å². The molecule has 1 N–H and O–H groups in total. The van der Waals surface area contributed by atoms with Gasteiger partial charge in [0.2, 0.25) is 0 Å². The Kier molecular flexibility index (Phi) is 5.23. The van der Waals surface area contributed by atoms with Gasteiger partial charge in [0.1, 0.15) is 5.75 Å². The Balaban J connectivity index is 1.85. The Morgan fingerprint density at radius 1 is 1.37 bits per heavy atom. The van der Waals surface area contributed by atoms with Crippen LogP contribution in [0, 0.1) is 5.92 Å². The van der Waals surface area contributed by atoms with Gasteiger partial charge in [0, 0.05) is 24.1 Å². The van der Waals surface area contributed by atoms with Crippen molar-refractivity contribution in [1.82, 2.24) is 5.32 Å². The summed E-state index contributed by atoms with van der Waals surface area (Å²) >= 11 is 0. The molecule has 1 aromatic rings. The van der Waals surface area contributed by atoms with Crippen LogP contribution in [-0.4, -0.2) is 25.9 Å². The number of ether oxygens (including phenoxy) is 2. The van der Waals surface area contributed by atoms with Crippen molar-refractivity contribution in [3.63, 3.8) is 0 Å². The zero-order valence-corrected chi connectivity index (χ0v) is 12.2. The molecule has 1 aromatic carbocycles. The van der Waals surface area contributed by atoms with E-state index < -0.39 is 0 Å². The maximum absolute atomic E-state index is 5.76. The van der Waals surface area contributed by atoms with E-state index in [1.165, 1.54) is 5.56 Å². The number of hydrogen-bond donors (Lipinski definition) is 1.